The fraction of sp³-hybridized carbons (Fsp3) is 0.846. The summed E-state index contributed by atoms with van der Waals surface area (Å²) in [5.41, 5.74) is 0. The van der Waals surface area contributed by atoms with Gasteiger partial charge >= 0.3 is 5.97 Å². The first-order valence-electron chi connectivity index (χ1n) is 7.24. The molecule has 2 aliphatic heterocycles. The van der Waals surface area contributed by atoms with Gasteiger partial charge in [0.1, 0.15) is 6.54 Å². The first kappa shape index (κ1) is 16.2. The van der Waals surface area contributed by atoms with Crippen LogP contribution in [0, 0.1) is 5.92 Å². The summed E-state index contributed by atoms with van der Waals surface area (Å²) in [6.45, 7) is 2.29. The first-order valence-corrected chi connectivity index (χ1v) is 9.06. The Kier molecular flexibility index (Phi) is 4.88. The molecular formula is C13H22N2O5S. The Morgan fingerprint density at radius 3 is 2.57 bits per heavy atom. The molecule has 8 heteroatoms. The maximum Gasteiger partial charge on any atom is 0.323 e. The number of carbonyl (C=O) groups excluding carboxylic acids is 1. The molecule has 2 fully saturated rings. The van der Waals surface area contributed by atoms with Crippen molar-refractivity contribution in [3.8, 4) is 0 Å². The van der Waals surface area contributed by atoms with Crippen LogP contribution >= 0.6 is 0 Å². The Bertz CT molecular complexity index is 519. The topological polar surface area (TPSA) is 104 Å². The van der Waals surface area contributed by atoms with E-state index in [1.54, 1.807) is 0 Å². The van der Waals surface area contributed by atoms with Gasteiger partial charge in [-0.25, -0.2) is 8.42 Å². The number of hydrogen-bond acceptors (Lipinski definition) is 5. The second-order valence-corrected chi connectivity index (χ2v) is 8.22. The maximum absolute atomic E-state index is 12.6. The van der Waals surface area contributed by atoms with Crippen LogP contribution in [0.25, 0.3) is 0 Å². The van der Waals surface area contributed by atoms with Gasteiger partial charge in [-0.05, 0) is 32.7 Å². The zero-order valence-electron chi connectivity index (χ0n) is 12.1. The largest absolute Gasteiger partial charge is 0.480 e. The van der Waals surface area contributed by atoms with E-state index in [1.807, 2.05) is 6.92 Å². The fourth-order valence-electron chi connectivity index (χ4n) is 3.14. The van der Waals surface area contributed by atoms with Gasteiger partial charge in [0.05, 0.1) is 11.5 Å². The van der Waals surface area contributed by atoms with Crippen molar-refractivity contribution in [3.05, 3.63) is 0 Å². The first-order chi connectivity index (χ1) is 9.78. The Morgan fingerprint density at radius 1 is 1.33 bits per heavy atom. The molecule has 0 aromatic rings. The van der Waals surface area contributed by atoms with Crippen LogP contribution in [0.15, 0.2) is 0 Å². The van der Waals surface area contributed by atoms with Crippen molar-refractivity contribution >= 4 is 21.7 Å². The predicted octanol–water partition coefficient (Wildman–Crippen LogP) is -0.525. The molecule has 0 bridgehead atoms. The van der Waals surface area contributed by atoms with E-state index in [1.165, 1.54) is 4.90 Å². The van der Waals surface area contributed by atoms with Gasteiger partial charge in [-0.2, -0.15) is 0 Å². The summed E-state index contributed by atoms with van der Waals surface area (Å²) in [7, 11) is -3.15. The number of aliphatic carboxylic acids is 1. The number of sulfone groups is 1. The summed E-state index contributed by atoms with van der Waals surface area (Å²) in [6.07, 6.45) is 1.66. The van der Waals surface area contributed by atoms with Crippen LogP contribution in [0.2, 0.25) is 0 Å². The minimum atomic E-state index is -3.15. The summed E-state index contributed by atoms with van der Waals surface area (Å²) in [5, 5.41) is 12.3. The maximum atomic E-state index is 12.6. The Balaban J connectivity index is 2.11. The number of piperidine rings is 1. The third kappa shape index (κ3) is 4.16. The number of carbonyl (C=O) groups is 2. The van der Waals surface area contributed by atoms with Gasteiger partial charge in [-0.3, -0.25) is 9.59 Å². The van der Waals surface area contributed by atoms with E-state index in [9.17, 15) is 18.0 Å². The lowest BCUT2D eigenvalue weighted by atomic mass is 9.91. The molecule has 0 aromatic heterocycles. The van der Waals surface area contributed by atoms with Crippen molar-refractivity contribution < 1.29 is 23.1 Å². The zero-order chi connectivity index (χ0) is 15.6. The highest BCUT2D eigenvalue weighted by molar-refractivity contribution is 7.91. The van der Waals surface area contributed by atoms with E-state index in [4.69, 9.17) is 5.11 Å². The number of carboxylic acid groups (broad SMARTS) is 1. The Morgan fingerprint density at radius 2 is 2.05 bits per heavy atom. The van der Waals surface area contributed by atoms with Crippen LogP contribution in [0.1, 0.15) is 26.2 Å². The van der Waals surface area contributed by atoms with E-state index >= 15 is 0 Å². The second-order valence-electron chi connectivity index (χ2n) is 5.99. The van der Waals surface area contributed by atoms with Gasteiger partial charge in [0.2, 0.25) is 5.91 Å². The molecule has 7 nitrogen and oxygen atoms in total. The van der Waals surface area contributed by atoms with Gasteiger partial charge < -0.3 is 15.3 Å². The van der Waals surface area contributed by atoms with Crippen LogP contribution in [0.5, 0.6) is 0 Å². The number of carboxylic acids is 1. The summed E-state index contributed by atoms with van der Waals surface area (Å²) in [6, 6.07) is -0.282. The van der Waals surface area contributed by atoms with Gasteiger partial charge in [-0.1, -0.05) is 0 Å². The summed E-state index contributed by atoms with van der Waals surface area (Å²) in [4.78, 5) is 24.9. The molecule has 0 aromatic carbocycles. The van der Waals surface area contributed by atoms with Crippen molar-refractivity contribution in [2.75, 3.05) is 24.6 Å². The van der Waals surface area contributed by atoms with E-state index in [0.717, 1.165) is 6.54 Å². The number of nitrogens with one attached hydrogen (secondary N) is 1. The summed E-state index contributed by atoms with van der Waals surface area (Å²) < 4.78 is 23.2. The molecule has 0 aliphatic carbocycles. The van der Waals surface area contributed by atoms with Crippen LogP contribution in [-0.2, 0) is 19.4 Å². The van der Waals surface area contributed by atoms with Crippen LogP contribution in [0.4, 0.5) is 0 Å². The lowest BCUT2D eigenvalue weighted by Gasteiger charge is -2.34. The average Bonchev–Trinajstić information content (AvgIpc) is 2.75. The standard InChI is InChI=1S/C13H22N2O5S/c1-9-6-10(2-4-14-9)13(18)15(7-12(16)17)11-3-5-21(19,20)8-11/h9-11,14H,2-8H2,1H3,(H,16,17). The van der Waals surface area contributed by atoms with E-state index < -0.39 is 28.4 Å². The normalized spacial score (nSPS) is 31.8. The molecule has 120 valence electrons. The quantitative estimate of drug-likeness (QED) is 0.722. The molecule has 2 heterocycles. The van der Waals surface area contributed by atoms with Crippen molar-refractivity contribution in [2.24, 2.45) is 5.92 Å². The van der Waals surface area contributed by atoms with Crippen molar-refractivity contribution in [3.63, 3.8) is 0 Å². The van der Waals surface area contributed by atoms with E-state index in [-0.39, 0.29) is 29.4 Å². The molecule has 0 radical (unpaired) electrons. The lowest BCUT2D eigenvalue weighted by Crippen LogP contribution is -2.50. The third-order valence-corrected chi connectivity index (χ3v) is 5.96. The van der Waals surface area contributed by atoms with Crippen molar-refractivity contribution in [1.82, 2.24) is 10.2 Å². The third-order valence-electron chi connectivity index (χ3n) is 4.21. The molecule has 2 aliphatic rings. The Labute approximate surface area is 124 Å². The molecule has 2 rings (SSSR count). The van der Waals surface area contributed by atoms with E-state index in [2.05, 4.69) is 5.32 Å². The van der Waals surface area contributed by atoms with Gasteiger partial charge in [0.25, 0.3) is 0 Å². The fourth-order valence-corrected chi connectivity index (χ4v) is 4.88. The van der Waals surface area contributed by atoms with Gasteiger partial charge in [0.15, 0.2) is 9.84 Å². The van der Waals surface area contributed by atoms with Crippen LogP contribution in [-0.4, -0.2) is 67.0 Å². The molecule has 0 saturated carbocycles. The predicted molar refractivity (Wildman–Crippen MR) is 76.6 cm³/mol. The van der Waals surface area contributed by atoms with Crippen LogP contribution in [0.3, 0.4) is 0 Å². The SMILES string of the molecule is CC1CC(C(=O)N(CC(=O)O)C2CCS(=O)(=O)C2)CCN1. The molecule has 2 N–H and O–H groups in total. The van der Waals surface area contributed by atoms with Gasteiger partial charge in [-0.15, -0.1) is 0 Å². The highest BCUT2D eigenvalue weighted by Gasteiger charge is 2.38. The lowest BCUT2D eigenvalue weighted by molar-refractivity contribution is -0.148. The summed E-state index contributed by atoms with van der Waals surface area (Å²) in [5.74, 6) is -1.62. The average molecular weight is 318 g/mol. The minimum Gasteiger partial charge on any atom is -0.480 e. The summed E-state index contributed by atoms with van der Waals surface area (Å²) >= 11 is 0. The molecule has 2 saturated heterocycles. The second kappa shape index (κ2) is 6.31. The highest BCUT2D eigenvalue weighted by Crippen LogP contribution is 2.24. The molecule has 3 atom stereocenters. The van der Waals surface area contributed by atoms with E-state index in [0.29, 0.717) is 19.3 Å². The molecule has 0 spiro atoms. The molecule has 21 heavy (non-hydrogen) atoms. The minimum absolute atomic E-state index is 0.0314. The van der Waals surface area contributed by atoms with Gasteiger partial charge in [0, 0.05) is 18.0 Å². The van der Waals surface area contributed by atoms with Crippen molar-refractivity contribution in [1.29, 1.82) is 0 Å². The molecule has 3 unspecified atom stereocenters. The molecule has 1 amide bonds. The number of nitrogens with zero attached hydrogens (tertiary/aromatic N) is 1. The van der Waals surface area contributed by atoms with Crippen molar-refractivity contribution in [2.45, 2.75) is 38.3 Å². The number of rotatable bonds is 4. The number of hydrogen-bond donors (Lipinski definition) is 2. The Hall–Kier alpha value is -1.15. The highest BCUT2D eigenvalue weighted by atomic mass is 32.2. The zero-order valence-corrected chi connectivity index (χ0v) is 12.9. The number of amides is 1. The smallest absolute Gasteiger partial charge is 0.323 e. The monoisotopic (exact) mass is 318 g/mol. The van der Waals surface area contributed by atoms with Crippen LogP contribution < -0.4 is 5.32 Å². The molecular weight excluding hydrogens is 296 g/mol.